The Morgan fingerprint density at radius 2 is 1.69 bits per heavy atom. The monoisotopic (exact) mass is 423 g/mol. The Morgan fingerprint density at radius 3 is 2.38 bits per heavy atom. The molecule has 1 aromatic heterocycles. The number of thioether (sulfide) groups is 1. The van der Waals surface area contributed by atoms with Crippen LogP contribution < -0.4 is 5.56 Å². The number of aromatic nitrogens is 1. The Morgan fingerprint density at radius 1 is 1.03 bits per heavy atom. The summed E-state index contributed by atoms with van der Waals surface area (Å²) in [5, 5.41) is 1.71. The molecule has 2 aromatic carbocycles. The summed E-state index contributed by atoms with van der Waals surface area (Å²) < 4.78 is 1.91. The van der Waals surface area contributed by atoms with Crippen LogP contribution >= 0.6 is 23.4 Å². The molecule has 0 saturated carbocycles. The number of halogens is 1. The van der Waals surface area contributed by atoms with Crippen molar-refractivity contribution in [2.75, 3.05) is 5.75 Å². The fourth-order valence-corrected chi connectivity index (χ4v) is 4.80. The van der Waals surface area contributed by atoms with Gasteiger partial charge in [0.05, 0.1) is 5.03 Å². The van der Waals surface area contributed by atoms with Gasteiger partial charge in [0.1, 0.15) is 0 Å². The van der Waals surface area contributed by atoms with Crippen molar-refractivity contribution < 1.29 is 4.79 Å². The van der Waals surface area contributed by atoms with Gasteiger partial charge in [0.2, 0.25) is 0 Å². The minimum Gasteiger partial charge on any atom is -0.303 e. The van der Waals surface area contributed by atoms with Crippen LogP contribution in [-0.2, 0) is 19.4 Å². The number of benzene rings is 2. The van der Waals surface area contributed by atoms with Crippen molar-refractivity contribution in [3.8, 4) is 0 Å². The second-order valence-corrected chi connectivity index (χ2v) is 8.88. The van der Waals surface area contributed by atoms with E-state index in [0.29, 0.717) is 16.1 Å². The summed E-state index contributed by atoms with van der Waals surface area (Å²) in [6, 6.07) is 16.9. The Hall–Kier alpha value is -2.30. The summed E-state index contributed by atoms with van der Waals surface area (Å²) in [4.78, 5) is 25.2. The number of pyridine rings is 1. The fourth-order valence-electron chi connectivity index (χ4n) is 3.64. The van der Waals surface area contributed by atoms with Crippen molar-refractivity contribution in [1.29, 1.82) is 0 Å². The number of carbonyl (C=O) groups excluding carboxylic acids is 1. The maximum Gasteiger partial charge on any atom is 0.254 e. The zero-order valence-electron chi connectivity index (χ0n) is 16.3. The molecule has 3 nitrogen and oxygen atoms in total. The summed E-state index contributed by atoms with van der Waals surface area (Å²) in [6.07, 6.45) is 2.71. The number of aryl methyl sites for hydroxylation is 2. The van der Waals surface area contributed by atoms with E-state index in [1.807, 2.05) is 35.8 Å². The molecule has 0 N–H and O–H groups in total. The minimum atomic E-state index is -0.0104. The lowest BCUT2D eigenvalue weighted by molar-refractivity contribution is 0.103. The van der Waals surface area contributed by atoms with Crippen LogP contribution in [0.1, 0.15) is 39.0 Å². The van der Waals surface area contributed by atoms with Crippen molar-refractivity contribution in [3.05, 3.63) is 97.8 Å². The number of ketones is 1. The highest BCUT2D eigenvalue weighted by Crippen LogP contribution is 2.25. The van der Waals surface area contributed by atoms with Crippen LogP contribution in [0.2, 0.25) is 5.02 Å². The molecule has 4 rings (SSSR count). The largest absolute Gasteiger partial charge is 0.303 e. The van der Waals surface area contributed by atoms with Crippen molar-refractivity contribution >= 4 is 29.1 Å². The first kappa shape index (κ1) is 20.0. The van der Waals surface area contributed by atoms with Crippen LogP contribution in [0, 0.1) is 6.92 Å². The van der Waals surface area contributed by atoms with E-state index in [-0.39, 0.29) is 11.3 Å². The first-order valence-corrected chi connectivity index (χ1v) is 11.1. The average Bonchev–Trinajstić information content (AvgIpc) is 2.76. The zero-order valence-corrected chi connectivity index (χ0v) is 17.9. The highest BCUT2D eigenvalue weighted by Gasteiger charge is 2.15. The third-order valence-corrected chi connectivity index (χ3v) is 6.77. The van der Waals surface area contributed by atoms with E-state index < -0.39 is 0 Å². The number of hydrogen-bond acceptors (Lipinski definition) is 3. The molecular formula is C24H22ClNO2S. The molecule has 3 aromatic rings. The molecule has 29 heavy (non-hydrogen) atoms. The predicted octanol–water partition coefficient (Wildman–Crippen LogP) is 5.32. The van der Waals surface area contributed by atoms with E-state index in [1.54, 1.807) is 36.0 Å². The van der Waals surface area contributed by atoms with Gasteiger partial charge in [-0.05, 0) is 67.6 Å². The van der Waals surface area contributed by atoms with Crippen LogP contribution in [0.15, 0.2) is 64.4 Å². The molecule has 5 heteroatoms. The van der Waals surface area contributed by atoms with Crippen molar-refractivity contribution in [2.24, 2.45) is 0 Å². The van der Waals surface area contributed by atoms with Gasteiger partial charge >= 0.3 is 0 Å². The summed E-state index contributed by atoms with van der Waals surface area (Å²) >= 11 is 7.66. The molecule has 0 radical (unpaired) electrons. The van der Waals surface area contributed by atoms with Crippen molar-refractivity contribution in [1.82, 2.24) is 4.57 Å². The maximum absolute atomic E-state index is 12.6. The van der Waals surface area contributed by atoms with Gasteiger partial charge < -0.3 is 4.57 Å². The van der Waals surface area contributed by atoms with Crippen LogP contribution in [0.3, 0.4) is 0 Å². The molecule has 0 spiro atoms. The van der Waals surface area contributed by atoms with Crippen molar-refractivity contribution in [3.63, 3.8) is 0 Å². The Balaban J connectivity index is 1.47. The van der Waals surface area contributed by atoms with E-state index in [2.05, 4.69) is 6.07 Å². The molecule has 148 valence electrons. The van der Waals surface area contributed by atoms with Gasteiger partial charge in [0.25, 0.3) is 5.56 Å². The van der Waals surface area contributed by atoms with Gasteiger partial charge in [-0.3, -0.25) is 9.59 Å². The van der Waals surface area contributed by atoms with E-state index in [1.165, 1.54) is 0 Å². The lowest BCUT2D eigenvalue weighted by Crippen LogP contribution is -2.27. The molecule has 0 unspecified atom stereocenters. The normalized spacial score (nSPS) is 13.2. The average molecular weight is 424 g/mol. The number of fused-ring (bicyclic) bond motifs is 1. The van der Waals surface area contributed by atoms with Gasteiger partial charge in [-0.25, -0.2) is 0 Å². The van der Waals surface area contributed by atoms with E-state index in [0.717, 1.165) is 53.3 Å². The van der Waals surface area contributed by atoms with Crippen LogP contribution in [0.5, 0.6) is 0 Å². The van der Waals surface area contributed by atoms with Gasteiger partial charge in [0.15, 0.2) is 5.78 Å². The summed E-state index contributed by atoms with van der Waals surface area (Å²) in [5.74, 6) is 1.06. The third kappa shape index (κ3) is 4.34. The van der Waals surface area contributed by atoms with Crippen molar-refractivity contribution in [2.45, 2.75) is 37.8 Å². The maximum atomic E-state index is 12.6. The second-order valence-electron chi connectivity index (χ2n) is 7.32. The van der Waals surface area contributed by atoms with Gasteiger partial charge in [-0.1, -0.05) is 35.9 Å². The smallest absolute Gasteiger partial charge is 0.254 e. The number of hydrogen-bond donors (Lipinski definition) is 0. The van der Waals surface area contributed by atoms with Gasteiger partial charge in [0, 0.05) is 34.0 Å². The Labute approximate surface area is 179 Å². The van der Waals surface area contributed by atoms with Crippen LogP contribution in [0.25, 0.3) is 0 Å². The summed E-state index contributed by atoms with van der Waals surface area (Å²) in [7, 11) is 0. The number of nitrogens with zero attached hydrogens (tertiary/aromatic N) is 1. The topological polar surface area (TPSA) is 39.1 Å². The van der Waals surface area contributed by atoms with Gasteiger partial charge in [-0.2, -0.15) is 0 Å². The molecule has 1 aliphatic heterocycles. The SMILES string of the molecule is Cc1c(CCc2ccc(C(=O)c3ccc(Cl)cc3)cc2)cc2n(c1=O)CCCS2. The molecule has 0 bridgehead atoms. The fraction of sp³-hybridized carbons (Fsp3) is 0.250. The zero-order chi connectivity index (χ0) is 20.4. The Kier molecular flexibility index (Phi) is 5.93. The quantitative estimate of drug-likeness (QED) is 0.521. The molecular weight excluding hydrogens is 402 g/mol. The Bertz CT molecular complexity index is 1100. The van der Waals surface area contributed by atoms with E-state index in [4.69, 9.17) is 11.6 Å². The molecule has 0 fully saturated rings. The van der Waals surface area contributed by atoms with Crippen LogP contribution in [-0.4, -0.2) is 16.1 Å². The van der Waals surface area contributed by atoms with E-state index >= 15 is 0 Å². The van der Waals surface area contributed by atoms with Gasteiger partial charge in [-0.15, -0.1) is 11.8 Å². The number of rotatable bonds is 5. The first-order chi connectivity index (χ1) is 14.0. The first-order valence-electron chi connectivity index (χ1n) is 9.78. The highest BCUT2D eigenvalue weighted by atomic mass is 35.5. The summed E-state index contributed by atoms with van der Waals surface area (Å²) in [6.45, 7) is 2.75. The third-order valence-electron chi connectivity index (χ3n) is 5.39. The van der Waals surface area contributed by atoms with Crippen LogP contribution in [0.4, 0.5) is 0 Å². The second kappa shape index (κ2) is 8.60. The lowest BCUT2D eigenvalue weighted by atomic mass is 9.98. The lowest BCUT2D eigenvalue weighted by Gasteiger charge is -2.20. The number of carbonyl (C=O) groups is 1. The molecule has 0 saturated heterocycles. The molecule has 1 aliphatic rings. The minimum absolute atomic E-state index is 0.0104. The molecule has 0 amide bonds. The standard InChI is InChI=1S/C24H22ClNO2S/c1-16-20(15-22-26(24(16)28)13-2-14-29-22)8-5-17-3-6-18(7-4-17)23(27)19-9-11-21(25)12-10-19/h3-4,6-7,9-12,15H,2,5,8,13-14H2,1H3. The molecule has 2 heterocycles. The summed E-state index contributed by atoms with van der Waals surface area (Å²) in [5.41, 5.74) is 4.57. The molecule has 0 atom stereocenters. The highest BCUT2D eigenvalue weighted by molar-refractivity contribution is 7.99. The predicted molar refractivity (Wildman–Crippen MR) is 120 cm³/mol. The van der Waals surface area contributed by atoms with E-state index in [9.17, 15) is 9.59 Å². The molecule has 0 aliphatic carbocycles.